The molecule has 2 aromatic carbocycles. The summed E-state index contributed by atoms with van der Waals surface area (Å²) in [5.74, 6) is 0.478. The summed E-state index contributed by atoms with van der Waals surface area (Å²) >= 11 is 0. The third-order valence-electron chi connectivity index (χ3n) is 7.44. The number of unbranched alkanes of at least 4 members (excludes halogenated alkanes) is 6. The summed E-state index contributed by atoms with van der Waals surface area (Å²) in [6, 6.07) is 14.7. The first-order valence-corrected chi connectivity index (χ1v) is 14.9. The van der Waals surface area contributed by atoms with E-state index in [4.69, 9.17) is 14.2 Å². The molecule has 3 rings (SSSR count). The lowest BCUT2D eigenvalue weighted by Gasteiger charge is -2.29. The molecule has 39 heavy (non-hydrogen) atoms. The lowest BCUT2D eigenvalue weighted by Crippen LogP contribution is -2.28. The lowest BCUT2D eigenvalue weighted by molar-refractivity contribution is -0.157. The van der Waals surface area contributed by atoms with Crippen molar-refractivity contribution in [3.05, 3.63) is 59.7 Å². The Morgan fingerprint density at radius 3 is 2.08 bits per heavy atom. The van der Waals surface area contributed by atoms with E-state index >= 15 is 0 Å². The van der Waals surface area contributed by atoms with Gasteiger partial charge in [-0.2, -0.15) is 0 Å². The highest BCUT2D eigenvalue weighted by Gasteiger charge is 2.27. The summed E-state index contributed by atoms with van der Waals surface area (Å²) < 4.78 is 30.7. The van der Waals surface area contributed by atoms with E-state index in [1.54, 1.807) is 12.1 Å². The van der Waals surface area contributed by atoms with Gasteiger partial charge in [-0.25, -0.2) is 14.0 Å². The largest absolute Gasteiger partial charge is 0.494 e. The van der Waals surface area contributed by atoms with E-state index in [9.17, 15) is 14.0 Å². The molecule has 0 spiro atoms. The van der Waals surface area contributed by atoms with Crippen LogP contribution in [0.25, 0.3) is 0 Å². The van der Waals surface area contributed by atoms with Crippen LogP contribution >= 0.6 is 0 Å². The highest BCUT2D eigenvalue weighted by molar-refractivity contribution is 5.91. The molecule has 6 heteroatoms. The molecule has 0 aliphatic heterocycles. The summed E-state index contributed by atoms with van der Waals surface area (Å²) in [6.07, 6.45) is 10.6. The van der Waals surface area contributed by atoms with Crippen LogP contribution in [0.3, 0.4) is 0 Å². The van der Waals surface area contributed by atoms with Gasteiger partial charge in [-0.15, -0.1) is 0 Å². The van der Waals surface area contributed by atoms with Crippen LogP contribution in [0.15, 0.2) is 48.5 Å². The molecule has 5 nitrogen and oxygen atoms in total. The minimum atomic E-state index is -1.51. The number of hydrogen-bond acceptors (Lipinski definition) is 5. The average molecular weight is 541 g/mol. The molecule has 214 valence electrons. The number of benzene rings is 2. The zero-order chi connectivity index (χ0) is 27.9. The van der Waals surface area contributed by atoms with Crippen molar-refractivity contribution < 1.29 is 28.2 Å². The first-order chi connectivity index (χ1) is 19.0. The van der Waals surface area contributed by atoms with Crippen molar-refractivity contribution in [1.29, 1.82) is 0 Å². The number of carbonyl (C=O) groups is 2. The standard InChI is InChI=1S/C33H45FO5/c1-3-5-7-8-9-10-24-37-28-18-16-27(17-19-28)32(35)38-29-20-12-25(13-21-29)26-14-22-30(23-15-26)39-33(36)31(34)11-6-4-2/h12-13,16-21,26,30-31H,3-11,14-15,22-24H2,1-2H3/t26?,30?,31-/m0/s1. The topological polar surface area (TPSA) is 61.8 Å². The number of hydrogen-bond donors (Lipinski definition) is 0. The van der Waals surface area contributed by atoms with E-state index in [1.807, 2.05) is 43.3 Å². The molecule has 1 aliphatic carbocycles. The van der Waals surface area contributed by atoms with E-state index in [0.717, 1.165) is 49.8 Å². The number of halogens is 1. The number of carbonyl (C=O) groups excluding carboxylic acids is 2. The van der Waals surface area contributed by atoms with Crippen LogP contribution in [-0.4, -0.2) is 30.8 Å². The Kier molecular flexibility index (Phi) is 13.3. The van der Waals surface area contributed by atoms with Gasteiger partial charge in [0.25, 0.3) is 0 Å². The van der Waals surface area contributed by atoms with E-state index in [2.05, 4.69) is 6.92 Å². The van der Waals surface area contributed by atoms with Gasteiger partial charge in [0.1, 0.15) is 17.6 Å². The molecular weight excluding hydrogens is 495 g/mol. The quantitative estimate of drug-likeness (QED) is 0.121. The fraction of sp³-hybridized carbons (Fsp3) is 0.576. The Morgan fingerprint density at radius 2 is 1.41 bits per heavy atom. The van der Waals surface area contributed by atoms with Gasteiger partial charge in [-0.05, 0) is 86.4 Å². The van der Waals surface area contributed by atoms with Gasteiger partial charge in [-0.1, -0.05) is 70.9 Å². The Bertz CT molecular complexity index is 980. The number of alkyl halides is 1. The minimum absolute atomic E-state index is 0.207. The average Bonchev–Trinajstić information content (AvgIpc) is 2.96. The highest BCUT2D eigenvalue weighted by Crippen LogP contribution is 2.35. The van der Waals surface area contributed by atoms with Crippen LogP contribution in [0.4, 0.5) is 4.39 Å². The fourth-order valence-electron chi connectivity index (χ4n) is 4.99. The molecule has 1 saturated carbocycles. The molecule has 0 bridgehead atoms. The molecule has 0 heterocycles. The Balaban J connectivity index is 1.38. The molecule has 1 atom stereocenters. The van der Waals surface area contributed by atoms with Crippen molar-refractivity contribution in [2.24, 2.45) is 0 Å². The second-order valence-corrected chi connectivity index (χ2v) is 10.6. The lowest BCUT2D eigenvalue weighted by atomic mass is 9.83. The van der Waals surface area contributed by atoms with Crippen molar-refractivity contribution >= 4 is 11.9 Å². The van der Waals surface area contributed by atoms with E-state index in [1.165, 1.54) is 32.1 Å². The normalized spacial score (nSPS) is 17.8. The monoisotopic (exact) mass is 540 g/mol. The summed E-state index contributed by atoms with van der Waals surface area (Å²) in [5.41, 5.74) is 1.64. The predicted molar refractivity (Wildman–Crippen MR) is 152 cm³/mol. The van der Waals surface area contributed by atoms with Crippen LogP contribution in [0.1, 0.15) is 119 Å². The SMILES string of the molecule is CCCCCCCCOc1ccc(C(=O)Oc2ccc(C3CCC(OC(=O)[C@@H](F)CCCC)CC3)cc2)cc1. The predicted octanol–water partition coefficient (Wildman–Crippen LogP) is 8.74. The maximum absolute atomic E-state index is 13.9. The smallest absolute Gasteiger partial charge is 0.343 e. The van der Waals surface area contributed by atoms with E-state index in [-0.39, 0.29) is 12.5 Å². The van der Waals surface area contributed by atoms with Gasteiger partial charge < -0.3 is 14.2 Å². The first-order valence-electron chi connectivity index (χ1n) is 14.9. The van der Waals surface area contributed by atoms with Crippen LogP contribution < -0.4 is 9.47 Å². The van der Waals surface area contributed by atoms with Crippen molar-refractivity contribution in [3.63, 3.8) is 0 Å². The maximum Gasteiger partial charge on any atom is 0.343 e. The molecule has 1 aliphatic rings. The van der Waals surface area contributed by atoms with Gasteiger partial charge in [-0.3, -0.25) is 0 Å². The Morgan fingerprint density at radius 1 is 0.795 bits per heavy atom. The number of rotatable bonds is 16. The molecule has 0 aromatic heterocycles. The molecule has 0 amide bonds. The summed E-state index contributed by atoms with van der Waals surface area (Å²) in [5, 5.41) is 0. The van der Waals surface area contributed by atoms with Gasteiger partial charge >= 0.3 is 11.9 Å². The van der Waals surface area contributed by atoms with E-state index in [0.29, 0.717) is 30.3 Å². The molecule has 2 aromatic rings. The molecule has 0 unspecified atom stereocenters. The van der Waals surface area contributed by atoms with Crippen molar-refractivity contribution in [3.8, 4) is 11.5 Å². The summed E-state index contributed by atoms with van der Waals surface area (Å²) in [6.45, 7) is 4.88. The van der Waals surface area contributed by atoms with Crippen LogP contribution in [-0.2, 0) is 9.53 Å². The molecular formula is C33H45FO5. The van der Waals surface area contributed by atoms with Gasteiger partial charge in [0, 0.05) is 0 Å². The van der Waals surface area contributed by atoms with Crippen molar-refractivity contribution in [2.45, 2.75) is 116 Å². The third kappa shape index (κ3) is 10.7. The maximum atomic E-state index is 13.9. The van der Waals surface area contributed by atoms with Crippen LogP contribution in [0.5, 0.6) is 11.5 Å². The second kappa shape index (κ2) is 16.9. The van der Waals surface area contributed by atoms with Crippen molar-refractivity contribution in [2.75, 3.05) is 6.61 Å². The minimum Gasteiger partial charge on any atom is -0.494 e. The molecule has 1 fully saturated rings. The van der Waals surface area contributed by atoms with Crippen LogP contribution in [0, 0.1) is 0 Å². The van der Waals surface area contributed by atoms with E-state index < -0.39 is 18.1 Å². The highest BCUT2D eigenvalue weighted by atomic mass is 19.1. The fourth-order valence-corrected chi connectivity index (χ4v) is 4.99. The summed E-state index contributed by atoms with van der Waals surface area (Å²) in [4.78, 5) is 24.6. The zero-order valence-electron chi connectivity index (χ0n) is 23.7. The number of ether oxygens (including phenoxy) is 3. The van der Waals surface area contributed by atoms with Gasteiger partial charge in [0.2, 0.25) is 0 Å². The van der Waals surface area contributed by atoms with Gasteiger partial charge in [0.05, 0.1) is 12.2 Å². The molecule has 0 radical (unpaired) electrons. The Hall–Kier alpha value is -2.89. The van der Waals surface area contributed by atoms with Crippen molar-refractivity contribution in [1.82, 2.24) is 0 Å². The zero-order valence-corrected chi connectivity index (χ0v) is 23.7. The third-order valence-corrected chi connectivity index (χ3v) is 7.44. The van der Waals surface area contributed by atoms with Gasteiger partial charge in [0.15, 0.2) is 6.17 Å². The van der Waals surface area contributed by atoms with Crippen LogP contribution in [0.2, 0.25) is 0 Å². The molecule has 0 N–H and O–H groups in total. The molecule has 0 saturated heterocycles. The Labute approximate surface area is 233 Å². The second-order valence-electron chi connectivity index (χ2n) is 10.6. The summed E-state index contributed by atoms with van der Waals surface area (Å²) in [7, 11) is 0. The number of esters is 2. The first kappa shape index (κ1) is 30.6.